The number of nitrogens with zero attached hydrogens (tertiary/aromatic N) is 2. The van der Waals surface area contributed by atoms with E-state index in [0.29, 0.717) is 11.5 Å². The highest BCUT2D eigenvalue weighted by molar-refractivity contribution is 9.10. The van der Waals surface area contributed by atoms with Crippen LogP contribution in [-0.2, 0) is 18.4 Å². The number of aromatic nitrogens is 2. The predicted octanol–water partition coefficient (Wildman–Crippen LogP) is 4.60. The van der Waals surface area contributed by atoms with Gasteiger partial charge in [0.15, 0.2) is 0 Å². The molecule has 0 saturated heterocycles. The highest BCUT2D eigenvalue weighted by Crippen LogP contribution is 2.27. The van der Waals surface area contributed by atoms with Gasteiger partial charge in [-0.1, -0.05) is 58.4 Å². The summed E-state index contributed by atoms with van der Waals surface area (Å²) in [7, 11) is 1.82. The van der Waals surface area contributed by atoms with Crippen molar-refractivity contribution in [1.29, 1.82) is 0 Å². The van der Waals surface area contributed by atoms with E-state index in [-0.39, 0.29) is 6.61 Å². The Labute approximate surface area is 148 Å². The zero-order chi connectivity index (χ0) is 16.9. The molecule has 0 radical (unpaired) electrons. The minimum Gasteiger partial charge on any atom is -0.444 e. The van der Waals surface area contributed by atoms with Gasteiger partial charge in [-0.2, -0.15) is 0 Å². The lowest BCUT2D eigenvalue weighted by Crippen LogP contribution is -2.16. The van der Waals surface area contributed by atoms with Crippen LogP contribution >= 0.6 is 15.9 Å². The Kier molecular flexibility index (Phi) is 4.96. The SMILES string of the molecule is Cn1cnc(-c2ccc(Br)cc2)c1NC(=O)OCc1ccccc1. The number of hydrogen-bond acceptors (Lipinski definition) is 3. The molecular formula is C18H16BrN3O2. The summed E-state index contributed by atoms with van der Waals surface area (Å²) < 4.78 is 8.00. The molecule has 0 unspecified atom stereocenters. The molecule has 1 N–H and O–H groups in total. The summed E-state index contributed by atoms with van der Waals surface area (Å²) in [4.78, 5) is 16.5. The van der Waals surface area contributed by atoms with Gasteiger partial charge in [0.05, 0.1) is 6.33 Å². The third-order valence-corrected chi connectivity index (χ3v) is 4.02. The second-order valence-corrected chi connectivity index (χ2v) is 6.16. The summed E-state index contributed by atoms with van der Waals surface area (Å²) in [5.74, 6) is 0.593. The van der Waals surface area contributed by atoms with Crippen molar-refractivity contribution in [1.82, 2.24) is 9.55 Å². The fraction of sp³-hybridized carbons (Fsp3) is 0.111. The number of ether oxygens (including phenoxy) is 1. The number of benzene rings is 2. The van der Waals surface area contributed by atoms with E-state index in [1.807, 2.05) is 61.6 Å². The molecule has 24 heavy (non-hydrogen) atoms. The van der Waals surface area contributed by atoms with E-state index in [4.69, 9.17) is 4.74 Å². The highest BCUT2D eigenvalue weighted by atomic mass is 79.9. The number of imidazole rings is 1. The van der Waals surface area contributed by atoms with Crippen LogP contribution in [0.2, 0.25) is 0 Å². The van der Waals surface area contributed by atoms with Crippen LogP contribution in [0.5, 0.6) is 0 Å². The Morgan fingerprint density at radius 1 is 1.17 bits per heavy atom. The smallest absolute Gasteiger partial charge is 0.413 e. The molecule has 5 nitrogen and oxygen atoms in total. The van der Waals surface area contributed by atoms with Gasteiger partial charge in [-0.05, 0) is 17.7 Å². The molecule has 1 aromatic heterocycles. The van der Waals surface area contributed by atoms with Crippen LogP contribution in [0.1, 0.15) is 5.56 Å². The van der Waals surface area contributed by atoms with Gasteiger partial charge in [-0.25, -0.2) is 9.78 Å². The highest BCUT2D eigenvalue weighted by Gasteiger charge is 2.14. The average Bonchev–Trinajstić information content (AvgIpc) is 2.95. The molecule has 0 aliphatic heterocycles. The van der Waals surface area contributed by atoms with Crippen molar-refractivity contribution in [2.24, 2.45) is 7.05 Å². The summed E-state index contributed by atoms with van der Waals surface area (Å²) in [5, 5.41) is 2.77. The van der Waals surface area contributed by atoms with Gasteiger partial charge in [0.25, 0.3) is 0 Å². The molecule has 1 heterocycles. The van der Waals surface area contributed by atoms with Crippen LogP contribution in [0, 0.1) is 0 Å². The van der Waals surface area contributed by atoms with Crippen molar-refractivity contribution in [3.05, 3.63) is 71.0 Å². The number of nitrogens with one attached hydrogen (secondary N) is 1. The Morgan fingerprint density at radius 2 is 1.88 bits per heavy atom. The van der Waals surface area contributed by atoms with Crippen molar-refractivity contribution < 1.29 is 9.53 Å². The van der Waals surface area contributed by atoms with E-state index >= 15 is 0 Å². The number of rotatable bonds is 4. The average molecular weight is 386 g/mol. The molecule has 3 rings (SSSR count). The summed E-state index contributed by atoms with van der Waals surface area (Å²) in [6.45, 7) is 0.220. The van der Waals surface area contributed by atoms with E-state index in [2.05, 4.69) is 26.2 Å². The predicted molar refractivity (Wildman–Crippen MR) is 96.6 cm³/mol. The van der Waals surface area contributed by atoms with Gasteiger partial charge in [0, 0.05) is 17.1 Å². The number of amides is 1. The normalized spacial score (nSPS) is 10.4. The topological polar surface area (TPSA) is 56.2 Å². The number of carbonyl (C=O) groups is 1. The minimum atomic E-state index is -0.513. The monoisotopic (exact) mass is 385 g/mol. The maximum absolute atomic E-state index is 12.1. The molecule has 2 aromatic carbocycles. The third kappa shape index (κ3) is 3.83. The van der Waals surface area contributed by atoms with Crippen LogP contribution in [0.4, 0.5) is 10.6 Å². The van der Waals surface area contributed by atoms with Crippen molar-refractivity contribution in [3.8, 4) is 11.3 Å². The van der Waals surface area contributed by atoms with Crippen LogP contribution < -0.4 is 5.32 Å². The Bertz CT molecular complexity index is 829. The Morgan fingerprint density at radius 3 is 2.58 bits per heavy atom. The molecule has 3 aromatic rings. The molecule has 1 amide bonds. The van der Waals surface area contributed by atoms with Gasteiger partial charge in [-0.15, -0.1) is 0 Å². The Balaban J connectivity index is 1.72. The van der Waals surface area contributed by atoms with E-state index in [1.165, 1.54) is 0 Å². The largest absolute Gasteiger partial charge is 0.444 e. The first-order valence-corrected chi connectivity index (χ1v) is 8.18. The zero-order valence-corrected chi connectivity index (χ0v) is 14.7. The van der Waals surface area contributed by atoms with Gasteiger partial charge >= 0.3 is 6.09 Å². The number of halogens is 1. The summed E-state index contributed by atoms with van der Waals surface area (Å²) in [6.07, 6.45) is 1.14. The first kappa shape index (κ1) is 16.3. The Hall–Kier alpha value is -2.60. The van der Waals surface area contributed by atoms with E-state index in [9.17, 15) is 4.79 Å². The summed E-state index contributed by atoms with van der Waals surface area (Å²) >= 11 is 3.41. The number of carbonyl (C=O) groups excluding carboxylic acids is 1. The van der Waals surface area contributed by atoms with Crippen molar-refractivity contribution in [2.45, 2.75) is 6.61 Å². The second kappa shape index (κ2) is 7.31. The molecule has 0 spiro atoms. The first-order valence-electron chi connectivity index (χ1n) is 7.38. The molecular weight excluding hydrogens is 370 g/mol. The van der Waals surface area contributed by atoms with Gasteiger partial charge in [0.1, 0.15) is 18.1 Å². The molecule has 0 aliphatic rings. The molecule has 0 saturated carbocycles. The summed E-state index contributed by atoms with van der Waals surface area (Å²) in [5.41, 5.74) is 2.55. The lowest BCUT2D eigenvalue weighted by Gasteiger charge is -2.09. The quantitative estimate of drug-likeness (QED) is 0.713. The van der Waals surface area contributed by atoms with Crippen molar-refractivity contribution >= 4 is 27.8 Å². The molecule has 0 atom stereocenters. The maximum atomic E-state index is 12.1. The standard InChI is InChI=1S/C18H16BrN3O2/c1-22-12-20-16(14-7-9-15(19)10-8-14)17(22)21-18(23)24-11-13-5-3-2-4-6-13/h2-10,12H,11H2,1H3,(H,21,23). The molecule has 0 bridgehead atoms. The first-order chi connectivity index (χ1) is 11.6. The number of anilines is 1. The van der Waals surface area contributed by atoms with Crippen LogP contribution in [0.3, 0.4) is 0 Å². The fourth-order valence-electron chi connectivity index (χ4n) is 2.25. The van der Waals surface area contributed by atoms with Crippen LogP contribution in [0.15, 0.2) is 65.4 Å². The lowest BCUT2D eigenvalue weighted by molar-refractivity contribution is 0.155. The van der Waals surface area contributed by atoms with E-state index in [0.717, 1.165) is 15.6 Å². The zero-order valence-electron chi connectivity index (χ0n) is 13.1. The fourth-order valence-corrected chi connectivity index (χ4v) is 2.52. The van der Waals surface area contributed by atoms with Crippen molar-refractivity contribution in [3.63, 3.8) is 0 Å². The molecule has 0 aliphatic carbocycles. The van der Waals surface area contributed by atoms with Crippen LogP contribution in [0.25, 0.3) is 11.3 Å². The van der Waals surface area contributed by atoms with Gasteiger partial charge in [-0.3, -0.25) is 5.32 Å². The molecule has 0 fully saturated rings. The van der Waals surface area contributed by atoms with Gasteiger partial charge < -0.3 is 9.30 Å². The lowest BCUT2D eigenvalue weighted by atomic mass is 10.1. The molecule has 6 heteroatoms. The number of aryl methyl sites for hydroxylation is 1. The van der Waals surface area contributed by atoms with Crippen LogP contribution in [-0.4, -0.2) is 15.6 Å². The molecule has 122 valence electrons. The van der Waals surface area contributed by atoms with Gasteiger partial charge in [0.2, 0.25) is 0 Å². The maximum Gasteiger partial charge on any atom is 0.413 e. The minimum absolute atomic E-state index is 0.220. The summed E-state index contributed by atoms with van der Waals surface area (Å²) in [6, 6.07) is 17.3. The van der Waals surface area contributed by atoms with Crippen molar-refractivity contribution in [2.75, 3.05) is 5.32 Å². The number of hydrogen-bond donors (Lipinski definition) is 1. The second-order valence-electron chi connectivity index (χ2n) is 5.25. The van der Waals surface area contributed by atoms with E-state index in [1.54, 1.807) is 10.9 Å². The van der Waals surface area contributed by atoms with E-state index < -0.39 is 6.09 Å². The third-order valence-electron chi connectivity index (χ3n) is 3.49.